The van der Waals surface area contributed by atoms with Gasteiger partial charge in [-0.1, -0.05) is 12.1 Å². The topological polar surface area (TPSA) is 61.8 Å². The number of carbonyl (C=O) groups is 1. The third-order valence-corrected chi connectivity index (χ3v) is 3.80. The molecule has 1 saturated heterocycles. The standard InChI is InChI=1S/C16H24N2O3/c1-2-21-15-8-4-3-7-14(15)17-16(20)9-11-18-10-5-6-13(18)12-19/h3-4,7-8,13,19H,2,5-6,9-12H2,1H3,(H,17,20). The number of aliphatic hydroxyl groups is 1. The second-order valence-corrected chi connectivity index (χ2v) is 5.24. The molecule has 1 unspecified atom stereocenters. The first-order chi connectivity index (χ1) is 10.2. The van der Waals surface area contributed by atoms with E-state index >= 15 is 0 Å². The van der Waals surface area contributed by atoms with Crippen LogP contribution in [0.2, 0.25) is 0 Å². The number of likely N-dealkylation sites (tertiary alicyclic amines) is 1. The summed E-state index contributed by atoms with van der Waals surface area (Å²) in [5.74, 6) is 0.675. The number of hydrogen-bond donors (Lipinski definition) is 2. The van der Waals surface area contributed by atoms with E-state index in [-0.39, 0.29) is 18.6 Å². The highest BCUT2D eigenvalue weighted by Crippen LogP contribution is 2.24. The van der Waals surface area contributed by atoms with Crippen LogP contribution >= 0.6 is 0 Å². The van der Waals surface area contributed by atoms with Gasteiger partial charge < -0.3 is 15.2 Å². The summed E-state index contributed by atoms with van der Waals surface area (Å²) in [4.78, 5) is 14.3. The molecule has 5 heteroatoms. The first kappa shape index (κ1) is 15.8. The van der Waals surface area contributed by atoms with Crippen LogP contribution in [0.1, 0.15) is 26.2 Å². The van der Waals surface area contributed by atoms with Crippen LogP contribution in [0.5, 0.6) is 5.75 Å². The maximum Gasteiger partial charge on any atom is 0.225 e. The summed E-state index contributed by atoms with van der Waals surface area (Å²) in [7, 11) is 0. The molecule has 0 spiro atoms. The van der Waals surface area contributed by atoms with Crippen LogP contribution in [0.3, 0.4) is 0 Å². The molecular weight excluding hydrogens is 268 g/mol. The van der Waals surface area contributed by atoms with Crippen LogP contribution in [0.15, 0.2) is 24.3 Å². The molecule has 1 heterocycles. The van der Waals surface area contributed by atoms with Gasteiger partial charge in [0.15, 0.2) is 0 Å². The smallest absolute Gasteiger partial charge is 0.225 e. The fourth-order valence-corrected chi connectivity index (χ4v) is 2.71. The number of nitrogens with zero attached hydrogens (tertiary/aromatic N) is 1. The highest BCUT2D eigenvalue weighted by molar-refractivity contribution is 5.92. The zero-order valence-electron chi connectivity index (χ0n) is 12.5. The molecular formula is C16H24N2O3. The highest BCUT2D eigenvalue weighted by atomic mass is 16.5. The number of para-hydroxylation sites is 2. The molecule has 0 radical (unpaired) electrons. The SMILES string of the molecule is CCOc1ccccc1NC(=O)CCN1CCCC1CO. The molecule has 1 atom stereocenters. The number of anilines is 1. The van der Waals surface area contributed by atoms with Crippen molar-refractivity contribution >= 4 is 11.6 Å². The predicted molar refractivity (Wildman–Crippen MR) is 82.5 cm³/mol. The monoisotopic (exact) mass is 292 g/mol. The summed E-state index contributed by atoms with van der Waals surface area (Å²) >= 11 is 0. The highest BCUT2D eigenvalue weighted by Gasteiger charge is 2.23. The fraction of sp³-hybridized carbons (Fsp3) is 0.562. The minimum atomic E-state index is -0.0225. The summed E-state index contributed by atoms with van der Waals surface area (Å²) in [6.07, 6.45) is 2.54. The molecule has 0 bridgehead atoms. The first-order valence-electron chi connectivity index (χ1n) is 7.61. The van der Waals surface area contributed by atoms with Crippen molar-refractivity contribution in [3.63, 3.8) is 0 Å². The van der Waals surface area contributed by atoms with Crippen molar-refractivity contribution in [2.24, 2.45) is 0 Å². The van der Waals surface area contributed by atoms with Gasteiger partial charge in [-0.3, -0.25) is 9.69 Å². The largest absolute Gasteiger partial charge is 0.492 e. The minimum Gasteiger partial charge on any atom is -0.492 e. The lowest BCUT2D eigenvalue weighted by Gasteiger charge is -2.22. The number of amides is 1. The van der Waals surface area contributed by atoms with Crippen LogP contribution in [0, 0.1) is 0 Å². The number of hydrogen-bond acceptors (Lipinski definition) is 4. The van der Waals surface area contributed by atoms with Gasteiger partial charge in [0.2, 0.25) is 5.91 Å². The molecule has 5 nitrogen and oxygen atoms in total. The van der Waals surface area contributed by atoms with Gasteiger partial charge >= 0.3 is 0 Å². The van der Waals surface area contributed by atoms with Gasteiger partial charge in [0.25, 0.3) is 0 Å². The van der Waals surface area contributed by atoms with Gasteiger partial charge in [-0.25, -0.2) is 0 Å². The molecule has 1 fully saturated rings. The second kappa shape index (κ2) is 8.00. The number of carbonyl (C=O) groups excluding carboxylic acids is 1. The Morgan fingerprint density at radius 3 is 3.05 bits per heavy atom. The normalized spacial score (nSPS) is 18.7. The summed E-state index contributed by atoms with van der Waals surface area (Å²) in [5.41, 5.74) is 0.712. The first-order valence-corrected chi connectivity index (χ1v) is 7.61. The molecule has 2 N–H and O–H groups in total. The maximum absolute atomic E-state index is 12.1. The average Bonchev–Trinajstić information content (AvgIpc) is 2.95. The Kier molecular flexibility index (Phi) is 6.02. The van der Waals surface area contributed by atoms with E-state index in [9.17, 15) is 9.90 Å². The molecule has 1 aromatic carbocycles. The van der Waals surface area contributed by atoms with Crippen molar-refractivity contribution in [2.75, 3.05) is 31.6 Å². The third kappa shape index (κ3) is 4.44. The van der Waals surface area contributed by atoms with Gasteiger partial charge in [0.1, 0.15) is 5.75 Å². The van der Waals surface area contributed by atoms with Gasteiger partial charge in [-0.15, -0.1) is 0 Å². The summed E-state index contributed by atoms with van der Waals surface area (Å²) in [5, 5.41) is 12.2. The van der Waals surface area contributed by atoms with E-state index < -0.39 is 0 Å². The summed E-state index contributed by atoms with van der Waals surface area (Å²) < 4.78 is 5.49. The predicted octanol–water partition coefficient (Wildman–Crippen LogP) is 1.87. The number of ether oxygens (including phenoxy) is 1. The summed E-state index contributed by atoms with van der Waals surface area (Å²) in [6, 6.07) is 7.67. The van der Waals surface area contributed by atoms with E-state index in [4.69, 9.17) is 4.74 Å². The van der Waals surface area contributed by atoms with E-state index in [0.717, 1.165) is 19.4 Å². The Bertz CT molecular complexity index is 465. The van der Waals surface area contributed by atoms with Gasteiger partial charge in [0.05, 0.1) is 18.9 Å². The lowest BCUT2D eigenvalue weighted by Crippen LogP contribution is -2.34. The fourth-order valence-electron chi connectivity index (χ4n) is 2.71. The minimum absolute atomic E-state index is 0.0225. The van der Waals surface area contributed by atoms with Gasteiger partial charge in [-0.05, 0) is 38.4 Å². The Labute approximate surface area is 125 Å². The van der Waals surface area contributed by atoms with Crippen LogP contribution in [0.25, 0.3) is 0 Å². The van der Waals surface area contributed by atoms with E-state index in [1.807, 2.05) is 31.2 Å². The molecule has 1 amide bonds. The van der Waals surface area contributed by atoms with Gasteiger partial charge in [0, 0.05) is 19.0 Å². The van der Waals surface area contributed by atoms with Crippen molar-refractivity contribution < 1.29 is 14.6 Å². The molecule has 1 aliphatic rings. The van der Waals surface area contributed by atoms with Crippen molar-refractivity contribution in [1.82, 2.24) is 4.90 Å². The lowest BCUT2D eigenvalue weighted by molar-refractivity contribution is -0.116. The molecule has 21 heavy (non-hydrogen) atoms. The van der Waals surface area contributed by atoms with Crippen molar-refractivity contribution in [3.8, 4) is 5.75 Å². The molecule has 1 aromatic rings. The number of rotatable bonds is 7. The zero-order chi connectivity index (χ0) is 15.1. The van der Waals surface area contributed by atoms with E-state index in [1.165, 1.54) is 0 Å². The Hall–Kier alpha value is -1.59. The third-order valence-electron chi connectivity index (χ3n) is 3.80. The molecule has 116 valence electrons. The number of nitrogens with one attached hydrogen (secondary N) is 1. The van der Waals surface area contributed by atoms with Crippen LogP contribution in [-0.4, -0.2) is 48.3 Å². The number of aliphatic hydroxyl groups excluding tert-OH is 1. The maximum atomic E-state index is 12.1. The molecule has 0 saturated carbocycles. The van der Waals surface area contributed by atoms with E-state index in [1.54, 1.807) is 0 Å². The summed E-state index contributed by atoms with van der Waals surface area (Å²) in [6.45, 7) is 4.32. The molecule has 2 rings (SSSR count). The molecule has 1 aliphatic heterocycles. The van der Waals surface area contributed by atoms with Crippen molar-refractivity contribution in [3.05, 3.63) is 24.3 Å². The Morgan fingerprint density at radius 2 is 2.29 bits per heavy atom. The van der Waals surface area contributed by atoms with E-state index in [0.29, 0.717) is 31.0 Å². The van der Waals surface area contributed by atoms with E-state index in [2.05, 4.69) is 10.2 Å². The Morgan fingerprint density at radius 1 is 1.48 bits per heavy atom. The quantitative estimate of drug-likeness (QED) is 0.805. The average molecular weight is 292 g/mol. The Balaban J connectivity index is 1.84. The zero-order valence-corrected chi connectivity index (χ0v) is 12.5. The van der Waals surface area contributed by atoms with Crippen LogP contribution in [0.4, 0.5) is 5.69 Å². The van der Waals surface area contributed by atoms with Crippen molar-refractivity contribution in [2.45, 2.75) is 32.2 Å². The molecule has 0 aromatic heterocycles. The second-order valence-electron chi connectivity index (χ2n) is 5.24. The van der Waals surface area contributed by atoms with Crippen LogP contribution in [-0.2, 0) is 4.79 Å². The lowest BCUT2D eigenvalue weighted by atomic mass is 10.2. The molecule has 0 aliphatic carbocycles. The van der Waals surface area contributed by atoms with Crippen LogP contribution < -0.4 is 10.1 Å². The van der Waals surface area contributed by atoms with Crippen molar-refractivity contribution in [1.29, 1.82) is 0 Å². The number of benzene rings is 1. The van der Waals surface area contributed by atoms with Gasteiger partial charge in [-0.2, -0.15) is 0 Å².